The molecule has 0 bridgehead atoms. The Morgan fingerprint density at radius 3 is 2.51 bits per heavy atom. The van der Waals surface area contributed by atoms with Gasteiger partial charge in [0.2, 0.25) is 0 Å². The minimum Gasteiger partial charge on any atom is -0.497 e. The molecule has 0 amide bonds. The van der Waals surface area contributed by atoms with Crippen molar-refractivity contribution >= 4 is 40.2 Å². The third kappa shape index (κ3) is 6.96. The number of nitrogens with zero attached hydrogens (tertiary/aromatic N) is 2. The van der Waals surface area contributed by atoms with Crippen molar-refractivity contribution < 1.29 is 32.2 Å². The van der Waals surface area contributed by atoms with Gasteiger partial charge in [-0.15, -0.1) is 11.8 Å². The van der Waals surface area contributed by atoms with E-state index in [2.05, 4.69) is 9.88 Å². The molecule has 5 nitrogen and oxygen atoms in total. The van der Waals surface area contributed by atoms with Crippen LogP contribution in [-0.4, -0.2) is 53.5 Å². The lowest BCUT2D eigenvalue weighted by atomic mass is 9.74. The van der Waals surface area contributed by atoms with Crippen LogP contribution in [0.4, 0.5) is 17.6 Å². The van der Waals surface area contributed by atoms with Crippen molar-refractivity contribution in [2.45, 2.75) is 42.9 Å². The second kappa shape index (κ2) is 12.3. The van der Waals surface area contributed by atoms with Crippen LogP contribution in [0.2, 0.25) is 5.02 Å². The monoisotopic (exact) mass is 584 g/mol. The number of carboxylic acids is 1. The number of piperidine rings is 1. The van der Waals surface area contributed by atoms with E-state index < -0.39 is 29.3 Å². The zero-order chi connectivity index (χ0) is 28.2. The Labute approximate surface area is 233 Å². The van der Waals surface area contributed by atoms with Gasteiger partial charge in [0, 0.05) is 34.3 Å². The molecule has 39 heavy (non-hydrogen) atoms. The molecule has 1 aliphatic rings. The van der Waals surface area contributed by atoms with Crippen LogP contribution in [0.5, 0.6) is 5.75 Å². The standard InChI is InChI=1S/C28H29ClF4N2O3S/c1-38-19-4-7-24-21(16-19)25(22(29)17-34-24)23(30)8-9-27(26(36)37)10-12-35(13-11-27)14-15-39-20-5-2-18(3-6-20)28(31,32)33/h2-7,16-17,23H,8-15H2,1H3,(H,36,37)/t23-/m0/s1. The van der Waals surface area contributed by atoms with E-state index in [0.717, 1.165) is 17.0 Å². The SMILES string of the molecule is COc1ccc2ncc(Cl)c([C@@H](F)CCC3(C(=O)O)CCN(CCSc4ccc(C(F)(F)F)cc4)CC3)c2c1. The minimum absolute atomic E-state index is 0.00607. The van der Waals surface area contributed by atoms with Gasteiger partial charge in [0.25, 0.3) is 0 Å². The Balaban J connectivity index is 1.33. The van der Waals surface area contributed by atoms with Crippen molar-refractivity contribution in [1.29, 1.82) is 0 Å². The van der Waals surface area contributed by atoms with Crippen molar-refractivity contribution in [3.05, 3.63) is 64.8 Å². The summed E-state index contributed by atoms with van der Waals surface area (Å²) in [5, 5.41) is 10.8. The van der Waals surface area contributed by atoms with Crippen molar-refractivity contribution in [2.75, 3.05) is 32.5 Å². The quantitative estimate of drug-likeness (QED) is 0.195. The van der Waals surface area contributed by atoms with Crippen LogP contribution in [0.15, 0.2) is 53.6 Å². The molecule has 1 fully saturated rings. The van der Waals surface area contributed by atoms with Gasteiger partial charge < -0.3 is 14.7 Å². The second-order valence-corrected chi connectivity index (χ2v) is 11.3. The molecular weight excluding hydrogens is 556 g/mol. The molecule has 0 radical (unpaired) electrons. The molecule has 1 aromatic heterocycles. The van der Waals surface area contributed by atoms with Crippen molar-refractivity contribution in [3.63, 3.8) is 0 Å². The third-order valence-electron chi connectivity index (χ3n) is 7.38. The fourth-order valence-corrected chi connectivity index (χ4v) is 6.15. The van der Waals surface area contributed by atoms with Crippen LogP contribution in [0.3, 0.4) is 0 Å². The molecule has 0 unspecified atom stereocenters. The first-order valence-corrected chi connectivity index (χ1v) is 13.9. The highest BCUT2D eigenvalue weighted by Crippen LogP contribution is 2.42. The molecule has 1 N–H and O–H groups in total. The molecule has 1 saturated heterocycles. The molecule has 2 aromatic carbocycles. The molecule has 0 spiro atoms. The maximum absolute atomic E-state index is 15.6. The average Bonchev–Trinajstić information content (AvgIpc) is 2.91. The Hall–Kier alpha value is -2.56. The summed E-state index contributed by atoms with van der Waals surface area (Å²) in [4.78, 5) is 19.5. The minimum atomic E-state index is -4.36. The zero-order valence-corrected chi connectivity index (χ0v) is 22.9. The molecule has 1 aliphatic heterocycles. The highest BCUT2D eigenvalue weighted by molar-refractivity contribution is 7.99. The van der Waals surface area contributed by atoms with E-state index >= 15 is 4.39 Å². The summed E-state index contributed by atoms with van der Waals surface area (Å²) in [5.41, 5.74) is -0.844. The summed E-state index contributed by atoms with van der Waals surface area (Å²) in [6.07, 6.45) is -3.47. The van der Waals surface area contributed by atoms with Crippen LogP contribution in [0.1, 0.15) is 43.0 Å². The van der Waals surface area contributed by atoms with E-state index in [4.69, 9.17) is 16.3 Å². The molecule has 11 heteroatoms. The highest BCUT2D eigenvalue weighted by atomic mass is 35.5. The van der Waals surface area contributed by atoms with Crippen molar-refractivity contribution in [2.24, 2.45) is 5.41 Å². The van der Waals surface area contributed by atoms with Crippen molar-refractivity contribution in [1.82, 2.24) is 9.88 Å². The zero-order valence-electron chi connectivity index (χ0n) is 21.3. The van der Waals surface area contributed by atoms with E-state index in [0.29, 0.717) is 60.4 Å². The number of hydrogen-bond acceptors (Lipinski definition) is 5. The summed E-state index contributed by atoms with van der Waals surface area (Å²) < 4.78 is 59.1. The number of methoxy groups -OCH3 is 1. The van der Waals surface area contributed by atoms with Gasteiger partial charge in [0.15, 0.2) is 0 Å². The fourth-order valence-electron chi connectivity index (χ4n) is 4.97. The predicted molar refractivity (Wildman–Crippen MR) is 144 cm³/mol. The molecule has 0 saturated carbocycles. The van der Waals surface area contributed by atoms with Gasteiger partial charge in [-0.3, -0.25) is 9.78 Å². The number of carboxylic acid groups (broad SMARTS) is 1. The van der Waals surface area contributed by atoms with Gasteiger partial charge in [-0.05, 0) is 81.2 Å². The molecule has 3 aromatic rings. The number of halogens is 5. The smallest absolute Gasteiger partial charge is 0.416 e. The second-order valence-electron chi connectivity index (χ2n) is 9.71. The predicted octanol–water partition coefficient (Wildman–Crippen LogP) is 7.67. The number of fused-ring (bicyclic) bond motifs is 1. The number of hydrogen-bond donors (Lipinski definition) is 1. The number of aliphatic carboxylic acids is 1. The molecule has 4 rings (SSSR count). The maximum Gasteiger partial charge on any atom is 0.416 e. The molecule has 210 valence electrons. The number of likely N-dealkylation sites (tertiary alicyclic amines) is 1. The van der Waals surface area contributed by atoms with Gasteiger partial charge in [-0.25, -0.2) is 4.39 Å². The molecular formula is C28H29ClF4N2O3S. The van der Waals surface area contributed by atoms with E-state index in [-0.39, 0.29) is 17.9 Å². The number of carbonyl (C=O) groups is 1. The van der Waals surface area contributed by atoms with Crippen LogP contribution in [0, 0.1) is 5.41 Å². The number of benzene rings is 2. The number of ether oxygens (including phenoxy) is 1. The maximum atomic E-state index is 15.6. The first-order valence-electron chi connectivity index (χ1n) is 12.5. The Morgan fingerprint density at radius 1 is 1.21 bits per heavy atom. The molecule has 1 atom stereocenters. The van der Waals surface area contributed by atoms with Gasteiger partial charge >= 0.3 is 12.1 Å². The first-order chi connectivity index (χ1) is 18.5. The lowest BCUT2D eigenvalue weighted by Crippen LogP contribution is -2.45. The van der Waals surface area contributed by atoms with Crippen LogP contribution < -0.4 is 4.74 Å². The topological polar surface area (TPSA) is 62.7 Å². The Bertz CT molecular complexity index is 1300. The average molecular weight is 585 g/mol. The van der Waals surface area contributed by atoms with E-state index in [1.807, 2.05) is 0 Å². The van der Waals surface area contributed by atoms with Crippen molar-refractivity contribution in [3.8, 4) is 5.75 Å². The summed E-state index contributed by atoms with van der Waals surface area (Å²) in [6.45, 7) is 1.77. The lowest BCUT2D eigenvalue weighted by Gasteiger charge is -2.39. The number of rotatable bonds is 10. The normalized spacial score (nSPS) is 16.8. The van der Waals surface area contributed by atoms with Crippen LogP contribution >= 0.6 is 23.4 Å². The van der Waals surface area contributed by atoms with Crippen LogP contribution in [-0.2, 0) is 11.0 Å². The summed E-state index contributed by atoms with van der Waals surface area (Å²) in [7, 11) is 1.52. The van der Waals surface area contributed by atoms with Gasteiger partial charge in [0.05, 0.1) is 28.6 Å². The summed E-state index contributed by atoms with van der Waals surface area (Å²) in [5.74, 6) is 0.279. The highest BCUT2D eigenvalue weighted by Gasteiger charge is 2.41. The summed E-state index contributed by atoms with van der Waals surface area (Å²) in [6, 6.07) is 10.2. The number of thioether (sulfide) groups is 1. The number of alkyl halides is 4. The Kier molecular flexibility index (Phi) is 9.29. The summed E-state index contributed by atoms with van der Waals surface area (Å²) >= 11 is 7.79. The van der Waals surface area contributed by atoms with E-state index in [1.54, 1.807) is 18.2 Å². The number of aromatic nitrogens is 1. The molecule has 0 aliphatic carbocycles. The largest absolute Gasteiger partial charge is 0.497 e. The van der Waals surface area contributed by atoms with E-state index in [1.165, 1.54) is 37.2 Å². The first kappa shape index (κ1) is 29.4. The number of pyridine rings is 1. The lowest BCUT2D eigenvalue weighted by molar-refractivity contribution is -0.153. The van der Waals surface area contributed by atoms with E-state index in [9.17, 15) is 23.1 Å². The van der Waals surface area contributed by atoms with Gasteiger partial charge in [0.1, 0.15) is 11.9 Å². The van der Waals surface area contributed by atoms with Gasteiger partial charge in [-0.1, -0.05) is 11.6 Å². The molecule has 2 heterocycles. The third-order valence-corrected chi connectivity index (χ3v) is 8.68. The Morgan fingerprint density at radius 2 is 1.90 bits per heavy atom. The fraction of sp³-hybridized carbons (Fsp3) is 0.429. The van der Waals surface area contributed by atoms with Gasteiger partial charge in [-0.2, -0.15) is 13.2 Å². The van der Waals surface area contributed by atoms with Crippen LogP contribution in [0.25, 0.3) is 10.9 Å².